The predicted molar refractivity (Wildman–Crippen MR) is 103 cm³/mol. The Balaban J connectivity index is 1.88. The molecule has 0 aliphatic heterocycles. The summed E-state index contributed by atoms with van der Waals surface area (Å²) in [4.78, 5) is 25.7. The Morgan fingerprint density at radius 2 is 2.00 bits per heavy atom. The van der Waals surface area contributed by atoms with Crippen molar-refractivity contribution in [3.8, 4) is 11.5 Å². The van der Waals surface area contributed by atoms with Crippen molar-refractivity contribution in [1.82, 2.24) is 4.98 Å². The van der Waals surface area contributed by atoms with E-state index in [0.29, 0.717) is 28.1 Å². The fourth-order valence-corrected chi connectivity index (χ4v) is 2.61. The highest BCUT2D eigenvalue weighted by atomic mass is 16.6. The van der Waals surface area contributed by atoms with Gasteiger partial charge in [0.2, 0.25) is 0 Å². The van der Waals surface area contributed by atoms with Gasteiger partial charge in [-0.05, 0) is 29.8 Å². The van der Waals surface area contributed by atoms with Crippen molar-refractivity contribution in [3.63, 3.8) is 0 Å². The molecule has 28 heavy (non-hydrogen) atoms. The Kier molecular flexibility index (Phi) is 5.50. The van der Waals surface area contributed by atoms with Gasteiger partial charge in [0.15, 0.2) is 18.1 Å². The summed E-state index contributed by atoms with van der Waals surface area (Å²) < 4.78 is 10.4. The minimum Gasteiger partial charge on any atom is -0.493 e. The Labute approximate surface area is 159 Å². The van der Waals surface area contributed by atoms with Crippen LogP contribution < -0.4 is 9.47 Å². The highest BCUT2D eigenvalue weighted by Crippen LogP contribution is 2.29. The summed E-state index contributed by atoms with van der Waals surface area (Å²) in [5.74, 6) is -0.366. The number of nitro groups is 1. The number of nitrogens with zero attached hydrogens (tertiary/aromatic N) is 2. The highest BCUT2D eigenvalue weighted by molar-refractivity contribution is 5.88. The minimum atomic E-state index is -1.08. The summed E-state index contributed by atoms with van der Waals surface area (Å²) in [6.07, 6.45) is 3.50. The molecule has 1 N–H and O–H groups in total. The van der Waals surface area contributed by atoms with Crippen LogP contribution in [0.2, 0.25) is 0 Å². The van der Waals surface area contributed by atoms with Gasteiger partial charge in [-0.3, -0.25) is 10.1 Å². The smallest absolute Gasteiger partial charge is 0.341 e. The number of rotatable bonds is 7. The number of ether oxygens (including phenoxy) is 2. The van der Waals surface area contributed by atoms with E-state index in [9.17, 15) is 14.9 Å². The first kappa shape index (κ1) is 18.8. The van der Waals surface area contributed by atoms with Gasteiger partial charge in [-0.1, -0.05) is 30.3 Å². The zero-order chi connectivity index (χ0) is 20.1. The average molecular weight is 380 g/mol. The summed E-state index contributed by atoms with van der Waals surface area (Å²) in [7, 11) is 1.46. The van der Waals surface area contributed by atoms with E-state index >= 15 is 0 Å². The van der Waals surface area contributed by atoms with Gasteiger partial charge in [-0.25, -0.2) is 9.78 Å². The molecule has 0 bridgehead atoms. The lowest BCUT2D eigenvalue weighted by Gasteiger charge is -2.09. The second-order valence-corrected chi connectivity index (χ2v) is 5.77. The first-order chi connectivity index (χ1) is 13.5. The lowest BCUT2D eigenvalue weighted by molar-refractivity contribution is -0.383. The van der Waals surface area contributed by atoms with E-state index in [1.807, 2.05) is 0 Å². The molecule has 3 rings (SSSR count). The van der Waals surface area contributed by atoms with Gasteiger partial charge in [0.1, 0.15) is 5.52 Å². The first-order valence-electron chi connectivity index (χ1n) is 8.23. The summed E-state index contributed by atoms with van der Waals surface area (Å²) in [6.45, 7) is -0.467. The Hall–Kier alpha value is -3.94. The van der Waals surface area contributed by atoms with Crippen LogP contribution in [0.3, 0.4) is 0 Å². The molecule has 0 saturated carbocycles. The molecule has 0 atom stereocenters. The highest BCUT2D eigenvalue weighted by Gasteiger charge is 2.12. The number of non-ortho nitro benzene ring substituents is 1. The quantitative estimate of drug-likeness (QED) is 0.490. The summed E-state index contributed by atoms with van der Waals surface area (Å²) in [5.41, 5.74) is 1.61. The Morgan fingerprint density at radius 1 is 1.18 bits per heavy atom. The molecule has 0 aliphatic rings. The van der Waals surface area contributed by atoms with Crippen LogP contribution in [0.1, 0.15) is 11.3 Å². The fourth-order valence-electron chi connectivity index (χ4n) is 2.61. The van der Waals surface area contributed by atoms with E-state index in [1.54, 1.807) is 54.6 Å². The number of carboxylic acid groups (broad SMARTS) is 1. The number of nitro benzene ring substituents is 1. The van der Waals surface area contributed by atoms with Crippen molar-refractivity contribution in [2.24, 2.45) is 0 Å². The molecule has 0 unspecified atom stereocenters. The molecule has 8 heteroatoms. The number of para-hydroxylation sites is 1. The lowest BCUT2D eigenvalue weighted by atomic mass is 10.1. The number of pyridine rings is 1. The summed E-state index contributed by atoms with van der Waals surface area (Å²) in [6, 6.07) is 13.4. The maximum Gasteiger partial charge on any atom is 0.341 e. The molecule has 8 nitrogen and oxygen atoms in total. The summed E-state index contributed by atoms with van der Waals surface area (Å²) in [5, 5.41) is 20.6. The minimum absolute atomic E-state index is 0.0469. The fraction of sp³-hybridized carbons (Fsp3) is 0.100. The number of hydrogen-bond acceptors (Lipinski definition) is 6. The molecule has 0 fully saturated rings. The molecule has 2 aromatic carbocycles. The van der Waals surface area contributed by atoms with Crippen LogP contribution in [0.5, 0.6) is 11.5 Å². The SMILES string of the molecule is COc1cc(/C=C\c2ccc3cccc([N+](=O)[O-])c3n2)ccc1OCC(=O)O. The van der Waals surface area contributed by atoms with Crippen LogP contribution in [0, 0.1) is 10.1 Å². The van der Waals surface area contributed by atoms with Crippen LogP contribution in [-0.2, 0) is 4.79 Å². The van der Waals surface area contributed by atoms with Crippen molar-refractivity contribution >= 4 is 34.7 Å². The van der Waals surface area contributed by atoms with Gasteiger partial charge >= 0.3 is 5.97 Å². The van der Waals surface area contributed by atoms with Gasteiger partial charge in [0.25, 0.3) is 5.69 Å². The van der Waals surface area contributed by atoms with Crippen LogP contribution in [0.4, 0.5) is 5.69 Å². The van der Waals surface area contributed by atoms with Gasteiger partial charge < -0.3 is 14.6 Å². The molecular formula is C20H16N2O6. The number of fused-ring (bicyclic) bond motifs is 1. The third-order valence-corrected chi connectivity index (χ3v) is 3.90. The lowest BCUT2D eigenvalue weighted by Crippen LogP contribution is -2.10. The number of carboxylic acids is 1. The van der Waals surface area contributed by atoms with E-state index in [1.165, 1.54) is 13.2 Å². The molecule has 0 aliphatic carbocycles. The number of benzene rings is 2. The summed E-state index contributed by atoms with van der Waals surface area (Å²) >= 11 is 0. The van der Waals surface area contributed by atoms with Crippen LogP contribution in [0.15, 0.2) is 48.5 Å². The Morgan fingerprint density at radius 3 is 2.71 bits per heavy atom. The first-order valence-corrected chi connectivity index (χ1v) is 8.23. The zero-order valence-corrected chi connectivity index (χ0v) is 14.9. The van der Waals surface area contributed by atoms with Crippen molar-refractivity contribution in [2.75, 3.05) is 13.7 Å². The monoisotopic (exact) mass is 380 g/mol. The Bertz CT molecular complexity index is 1080. The number of hydrogen-bond donors (Lipinski definition) is 1. The predicted octanol–water partition coefficient (Wildman–Crippen LogP) is 3.79. The van der Waals surface area contributed by atoms with Gasteiger partial charge in [0.05, 0.1) is 17.7 Å². The molecule has 3 aromatic rings. The van der Waals surface area contributed by atoms with E-state index in [0.717, 1.165) is 5.56 Å². The third kappa shape index (κ3) is 4.24. The zero-order valence-electron chi connectivity index (χ0n) is 14.9. The molecular weight excluding hydrogens is 364 g/mol. The van der Waals surface area contributed by atoms with Crippen LogP contribution in [0.25, 0.3) is 23.1 Å². The van der Waals surface area contributed by atoms with E-state index in [-0.39, 0.29) is 5.69 Å². The second-order valence-electron chi connectivity index (χ2n) is 5.77. The second kappa shape index (κ2) is 8.17. The molecule has 0 amide bonds. The van der Waals surface area contributed by atoms with Gasteiger partial charge in [-0.2, -0.15) is 0 Å². The maximum absolute atomic E-state index is 11.2. The van der Waals surface area contributed by atoms with Gasteiger partial charge in [-0.15, -0.1) is 0 Å². The molecule has 0 spiro atoms. The third-order valence-electron chi connectivity index (χ3n) is 3.90. The van der Waals surface area contributed by atoms with Gasteiger partial charge in [0, 0.05) is 11.5 Å². The molecule has 142 valence electrons. The van der Waals surface area contributed by atoms with Crippen molar-refractivity contribution in [3.05, 3.63) is 69.9 Å². The maximum atomic E-state index is 11.2. The number of carbonyl (C=O) groups is 1. The van der Waals surface area contributed by atoms with Crippen LogP contribution in [-0.4, -0.2) is 34.7 Å². The topological polar surface area (TPSA) is 112 Å². The number of aromatic nitrogens is 1. The molecule has 0 radical (unpaired) electrons. The van der Waals surface area contributed by atoms with Crippen LogP contribution >= 0.6 is 0 Å². The molecule has 1 heterocycles. The van der Waals surface area contributed by atoms with Crippen molar-refractivity contribution in [2.45, 2.75) is 0 Å². The standard InChI is InChI=1S/C20H16N2O6/c1-27-18-11-13(6-10-17(18)28-12-19(23)24)5-8-15-9-7-14-3-2-4-16(22(25)26)20(14)21-15/h2-11H,12H2,1H3,(H,23,24)/b8-5-. The van der Waals surface area contributed by atoms with Crippen molar-refractivity contribution < 1.29 is 24.3 Å². The number of aliphatic carboxylic acids is 1. The van der Waals surface area contributed by atoms with Crippen molar-refractivity contribution in [1.29, 1.82) is 0 Å². The normalized spacial score (nSPS) is 10.9. The largest absolute Gasteiger partial charge is 0.493 e. The average Bonchev–Trinajstić information content (AvgIpc) is 2.70. The van der Waals surface area contributed by atoms with E-state index < -0.39 is 17.5 Å². The van der Waals surface area contributed by atoms with E-state index in [2.05, 4.69) is 4.98 Å². The molecule has 0 saturated heterocycles. The number of methoxy groups -OCH3 is 1. The van der Waals surface area contributed by atoms with E-state index in [4.69, 9.17) is 14.6 Å². The molecule has 1 aromatic heterocycles.